The number of hydrogen-bond acceptors (Lipinski definition) is 1. The average molecular weight is 288 g/mol. The predicted molar refractivity (Wildman–Crippen MR) is 91.9 cm³/mol. The number of hydrogen-bond donors (Lipinski definition) is 0. The van der Waals surface area contributed by atoms with Gasteiger partial charge < -0.3 is 0 Å². The lowest BCUT2D eigenvalue weighted by molar-refractivity contribution is 0.103. The van der Waals surface area contributed by atoms with E-state index < -0.39 is 0 Å². The van der Waals surface area contributed by atoms with E-state index >= 15 is 0 Å². The van der Waals surface area contributed by atoms with E-state index in [1.165, 1.54) is 22.3 Å². The molecule has 0 unspecified atom stereocenters. The normalized spacial score (nSPS) is 14.7. The van der Waals surface area contributed by atoms with E-state index in [0.717, 1.165) is 23.1 Å². The lowest BCUT2D eigenvalue weighted by atomic mass is 9.91. The molecule has 0 fully saturated rings. The summed E-state index contributed by atoms with van der Waals surface area (Å²) < 4.78 is 0. The van der Waals surface area contributed by atoms with Gasteiger partial charge in [-0.25, -0.2) is 0 Å². The molecule has 0 saturated heterocycles. The van der Waals surface area contributed by atoms with Crippen LogP contribution in [0.4, 0.5) is 0 Å². The third-order valence-corrected chi connectivity index (χ3v) is 4.63. The Morgan fingerprint density at radius 1 is 0.818 bits per heavy atom. The van der Waals surface area contributed by atoms with Gasteiger partial charge in [0.2, 0.25) is 0 Å². The maximum Gasteiger partial charge on any atom is 0.193 e. The minimum Gasteiger partial charge on any atom is -0.289 e. The highest BCUT2D eigenvalue weighted by Crippen LogP contribution is 2.39. The Morgan fingerprint density at radius 3 is 2.09 bits per heavy atom. The fourth-order valence-corrected chi connectivity index (χ4v) is 3.06. The molecule has 0 N–H and O–H groups in total. The standard InChI is InChI=1S/C21H20O/c1-14-13-20(16(3)15(14)2)18-11-7-8-12-19(18)21(22)17-9-5-4-6-10-17/h4-12H,13H2,1-3H3. The van der Waals surface area contributed by atoms with E-state index in [4.69, 9.17) is 0 Å². The molecule has 110 valence electrons. The molecule has 0 aromatic heterocycles. The molecule has 22 heavy (non-hydrogen) atoms. The second kappa shape index (κ2) is 5.76. The summed E-state index contributed by atoms with van der Waals surface area (Å²) in [4.78, 5) is 12.9. The van der Waals surface area contributed by atoms with Crippen LogP contribution < -0.4 is 0 Å². The van der Waals surface area contributed by atoms with E-state index in [2.05, 4.69) is 26.8 Å². The zero-order valence-corrected chi connectivity index (χ0v) is 13.3. The minimum absolute atomic E-state index is 0.0960. The molecule has 0 spiro atoms. The van der Waals surface area contributed by atoms with Crippen molar-refractivity contribution < 1.29 is 4.79 Å². The van der Waals surface area contributed by atoms with Crippen LogP contribution in [0.5, 0.6) is 0 Å². The number of benzene rings is 2. The predicted octanol–water partition coefficient (Wildman–Crippen LogP) is 5.43. The Hall–Kier alpha value is -2.41. The van der Waals surface area contributed by atoms with Gasteiger partial charge in [-0.3, -0.25) is 4.79 Å². The number of carbonyl (C=O) groups is 1. The first-order valence-electron chi connectivity index (χ1n) is 7.65. The van der Waals surface area contributed by atoms with Crippen LogP contribution in [0, 0.1) is 0 Å². The smallest absolute Gasteiger partial charge is 0.193 e. The van der Waals surface area contributed by atoms with Gasteiger partial charge in [-0.05, 0) is 49.5 Å². The molecule has 0 aliphatic heterocycles. The van der Waals surface area contributed by atoms with Crippen molar-refractivity contribution in [2.45, 2.75) is 27.2 Å². The third-order valence-electron chi connectivity index (χ3n) is 4.63. The monoisotopic (exact) mass is 288 g/mol. The van der Waals surface area contributed by atoms with Crippen LogP contribution in [0.1, 0.15) is 48.7 Å². The summed E-state index contributed by atoms with van der Waals surface area (Å²) in [7, 11) is 0. The topological polar surface area (TPSA) is 17.1 Å². The molecular weight excluding hydrogens is 268 g/mol. The van der Waals surface area contributed by atoms with E-state index in [1.807, 2.05) is 48.5 Å². The summed E-state index contributed by atoms with van der Waals surface area (Å²) in [5.41, 5.74) is 7.97. The Morgan fingerprint density at radius 2 is 1.45 bits per heavy atom. The lowest BCUT2D eigenvalue weighted by Crippen LogP contribution is -2.05. The van der Waals surface area contributed by atoms with E-state index in [-0.39, 0.29) is 5.78 Å². The SMILES string of the molecule is CC1=C(C)C(C)=C(c2ccccc2C(=O)c2ccccc2)C1. The molecule has 1 aliphatic rings. The largest absolute Gasteiger partial charge is 0.289 e. The maximum absolute atomic E-state index is 12.9. The minimum atomic E-state index is 0.0960. The van der Waals surface area contributed by atoms with Crippen molar-refractivity contribution in [3.05, 3.63) is 88.0 Å². The second-order valence-electron chi connectivity index (χ2n) is 5.93. The van der Waals surface area contributed by atoms with Crippen molar-refractivity contribution in [1.29, 1.82) is 0 Å². The summed E-state index contributed by atoms with van der Waals surface area (Å²) in [6.07, 6.45) is 0.941. The van der Waals surface area contributed by atoms with Crippen LogP contribution in [0.15, 0.2) is 71.3 Å². The maximum atomic E-state index is 12.9. The molecule has 0 atom stereocenters. The zero-order chi connectivity index (χ0) is 15.7. The van der Waals surface area contributed by atoms with Gasteiger partial charge in [0.25, 0.3) is 0 Å². The van der Waals surface area contributed by atoms with Crippen molar-refractivity contribution in [2.24, 2.45) is 0 Å². The van der Waals surface area contributed by atoms with Crippen molar-refractivity contribution in [3.8, 4) is 0 Å². The Kier molecular flexibility index (Phi) is 3.81. The fourth-order valence-electron chi connectivity index (χ4n) is 3.06. The average Bonchev–Trinajstić information content (AvgIpc) is 2.82. The van der Waals surface area contributed by atoms with Crippen molar-refractivity contribution in [3.63, 3.8) is 0 Å². The van der Waals surface area contributed by atoms with Crippen LogP contribution in [0.2, 0.25) is 0 Å². The van der Waals surface area contributed by atoms with Gasteiger partial charge in [-0.2, -0.15) is 0 Å². The molecule has 0 saturated carbocycles. The summed E-state index contributed by atoms with van der Waals surface area (Å²) in [6.45, 7) is 6.50. The Balaban J connectivity index is 2.08. The van der Waals surface area contributed by atoms with Gasteiger partial charge in [-0.1, -0.05) is 60.2 Å². The highest BCUT2D eigenvalue weighted by Gasteiger charge is 2.21. The molecule has 2 aromatic carbocycles. The summed E-state index contributed by atoms with van der Waals surface area (Å²) in [6, 6.07) is 17.5. The fraction of sp³-hybridized carbons (Fsp3) is 0.190. The van der Waals surface area contributed by atoms with Gasteiger partial charge in [0.15, 0.2) is 5.78 Å². The molecule has 0 bridgehead atoms. The molecule has 2 aromatic rings. The van der Waals surface area contributed by atoms with Crippen LogP contribution in [0.25, 0.3) is 5.57 Å². The quantitative estimate of drug-likeness (QED) is 0.688. The molecule has 0 amide bonds. The number of carbonyl (C=O) groups excluding carboxylic acids is 1. The van der Waals surface area contributed by atoms with E-state index in [9.17, 15) is 4.79 Å². The molecular formula is C21H20O. The molecule has 1 nitrogen and oxygen atoms in total. The zero-order valence-electron chi connectivity index (χ0n) is 13.3. The van der Waals surface area contributed by atoms with Gasteiger partial charge in [0.05, 0.1) is 0 Å². The summed E-state index contributed by atoms with van der Waals surface area (Å²) in [5.74, 6) is 0.0960. The van der Waals surface area contributed by atoms with Gasteiger partial charge in [0, 0.05) is 11.1 Å². The first kappa shape index (κ1) is 14.5. The van der Waals surface area contributed by atoms with Crippen molar-refractivity contribution >= 4 is 11.4 Å². The van der Waals surface area contributed by atoms with Crippen LogP contribution in [-0.4, -0.2) is 5.78 Å². The Labute approximate surface area is 132 Å². The van der Waals surface area contributed by atoms with E-state index in [1.54, 1.807) is 0 Å². The first-order valence-corrected chi connectivity index (χ1v) is 7.65. The highest BCUT2D eigenvalue weighted by molar-refractivity contribution is 6.12. The van der Waals surface area contributed by atoms with Crippen molar-refractivity contribution in [2.75, 3.05) is 0 Å². The molecule has 3 rings (SSSR count). The lowest BCUT2D eigenvalue weighted by Gasteiger charge is -2.12. The second-order valence-corrected chi connectivity index (χ2v) is 5.93. The van der Waals surface area contributed by atoms with Crippen LogP contribution in [-0.2, 0) is 0 Å². The molecule has 0 radical (unpaired) electrons. The van der Waals surface area contributed by atoms with Crippen LogP contribution >= 0.6 is 0 Å². The van der Waals surface area contributed by atoms with Crippen LogP contribution in [0.3, 0.4) is 0 Å². The summed E-state index contributed by atoms with van der Waals surface area (Å²) >= 11 is 0. The first-order chi connectivity index (χ1) is 10.6. The van der Waals surface area contributed by atoms with E-state index in [0.29, 0.717) is 0 Å². The van der Waals surface area contributed by atoms with Crippen molar-refractivity contribution in [1.82, 2.24) is 0 Å². The third kappa shape index (κ3) is 2.43. The molecule has 1 heteroatoms. The molecule has 0 heterocycles. The van der Waals surface area contributed by atoms with Gasteiger partial charge in [0.1, 0.15) is 0 Å². The van der Waals surface area contributed by atoms with Gasteiger partial charge >= 0.3 is 0 Å². The number of ketones is 1. The van der Waals surface area contributed by atoms with Gasteiger partial charge in [-0.15, -0.1) is 0 Å². The molecule has 1 aliphatic carbocycles. The Bertz CT molecular complexity index is 792. The number of rotatable bonds is 3. The number of allylic oxidation sites excluding steroid dienone is 4. The highest BCUT2D eigenvalue weighted by atomic mass is 16.1. The summed E-state index contributed by atoms with van der Waals surface area (Å²) in [5, 5.41) is 0.